The van der Waals surface area contributed by atoms with Crippen LogP contribution in [0, 0.1) is 6.92 Å². The molecule has 3 aromatic rings. The van der Waals surface area contributed by atoms with Crippen molar-refractivity contribution in [3.63, 3.8) is 0 Å². The van der Waals surface area contributed by atoms with Crippen LogP contribution in [0.4, 0.5) is 21.9 Å². The molecule has 1 saturated carbocycles. The minimum Gasteiger partial charge on any atom is -0.491 e. The first kappa shape index (κ1) is 22.7. The monoisotopic (exact) mass is 477 g/mol. The number of amides is 2. The fourth-order valence-corrected chi connectivity index (χ4v) is 5.94. The Kier molecular flexibility index (Phi) is 5.95. The number of nitrogens with one attached hydrogen (secondary N) is 2. The number of thiophene rings is 1. The number of carbonyl (C=O) groups is 1. The highest BCUT2D eigenvalue weighted by atomic mass is 32.1. The zero-order chi connectivity index (χ0) is 24.0. The Labute approximate surface area is 204 Å². The van der Waals surface area contributed by atoms with Crippen molar-refractivity contribution in [1.29, 1.82) is 0 Å². The Morgan fingerprint density at radius 1 is 1.29 bits per heavy atom. The molecule has 1 fully saturated rings. The topological polar surface area (TPSA) is 92.5 Å². The molecule has 8 heteroatoms. The molecule has 0 spiro atoms. The third-order valence-electron chi connectivity index (χ3n) is 6.48. The Morgan fingerprint density at radius 3 is 2.82 bits per heavy atom. The predicted octanol–water partition coefficient (Wildman–Crippen LogP) is 5.91. The summed E-state index contributed by atoms with van der Waals surface area (Å²) in [4.78, 5) is 21.5. The van der Waals surface area contributed by atoms with E-state index >= 15 is 0 Å². The van der Waals surface area contributed by atoms with E-state index in [0.717, 1.165) is 68.4 Å². The molecule has 178 valence electrons. The van der Waals surface area contributed by atoms with Crippen LogP contribution in [0.3, 0.4) is 0 Å². The number of hydrogen-bond donors (Lipinski definition) is 3. The standard InChI is InChI=1S/C26H31N5O2S/c1-14(2)33-17-9-10-20(15(3)13-17)31-21-11-12-28-25-22(21)23(30-26(31)32)24(34-25)16(4)29-19-8-6-5-7-18(19)27/h9-14,18-19,29H,4-8,27H2,1-3H3,(H,30,32). The van der Waals surface area contributed by atoms with Gasteiger partial charge in [-0.2, -0.15) is 0 Å². The molecule has 0 bridgehead atoms. The lowest BCUT2D eigenvalue weighted by molar-refractivity contribution is 0.242. The van der Waals surface area contributed by atoms with Gasteiger partial charge >= 0.3 is 6.03 Å². The van der Waals surface area contributed by atoms with Crippen LogP contribution in [0.2, 0.25) is 0 Å². The maximum atomic E-state index is 13.4. The summed E-state index contributed by atoms with van der Waals surface area (Å²) in [6, 6.07) is 7.80. The molecule has 2 atom stereocenters. The lowest BCUT2D eigenvalue weighted by Gasteiger charge is -2.32. The zero-order valence-electron chi connectivity index (χ0n) is 19.9. The van der Waals surface area contributed by atoms with E-state index in [1.807, 2.05) is 45.0 Å². The Hall–Kier alpha value is -3.10. The van der Waals surface area contributed by atoms with E-state index in [2.05, 4.69) is 22.2 Å². The van der Waals surface area contributed by atoms with Gasteiger partial charge in [-0.05, 0) is 63.4 Å². The molecule has 0 saturated heterocycles. The molecular weight excluding hydrogens is 446 g/mol. The number of carbonyl (C=O) groups excluding carboxylic acids is 1. The number of aromatic nitrogens is 1. The molecule has 2 amide bonds. The van der Waals surface area contributed by atoms with Gasteiger partial charge in [-0.3, -0.25) is 4.90 Å². The third-order valence-corrected chi connectivity index (χ3v) is 7.64. The summed E-state index contributed by atoms with van der Waals surface area (Å²) in [5.41, 5.74) is 10.5. The average Bonchev–Trinajstić information content (AvgIpc) is 3.16. The Balaban J connectivity index is 1.52. The molecule has 0 radical (unpaired) electrons. The molecule has 3 heterocycles. The van der Waals surface area contributed by atoms with Crippen molar-refractivity contribution in [2.75, 3.05) is 10.2 Å². The molecule has 5 rings (SSSR count). The SMILES string of the molecule is C=C(NC1CCCCC1N)c1sc2nccc3c2c1NC(=O)N3c1ccc(OC(C)C)cc1C. The van der Waals surface area contributed by atoms with Crippen LogP contribution in [0.25, 0.3) is 15.9 Å². The molecule has 34 heavy (non-hydrogen) atoms. The smallest absolute Gasteiger partial charge is 0.331 e. The van der Waals surface area contributed by atoms with E-state index in [4.69, 9.17) is 10.5 Å². The lowest BCUT2D eigenvalue weighted by atomic mass is 9.91. The minimum atomic E-state index is -0.206. The first-order chi connectivity index (χ1) is 16.3. The number of rotatable bonds is 6. The second-order valence-electron chi connectivity index (χ2n) is 9.37. The fourth-order valence-electron chi connectivity index (χ4n) is 4.89. The zero-order valence-corrected chi connectivity index (χ0v) is 20.7. The molecule has 2 aromatic heterocycles. The van der Waals surface area contributed by atoms with Crippen LogP contribution in [-0.4, -0.2) is 29.2 Å². The minimum absolute atomic E-state index is 0.0833. The van der Waals surface area contributed by atoms with Crippen LogP contribution in [0.5, 0.6) is 5.75 Å². The number of anilines is 3. The summed E-state index contributed by atoms with van der Waals surface area (Å²) in [6.07, 6.45) is 6.22. The molecular formula is C26H31N5O2S. The highest BCUT2D eigenvalue weighted by Gasteiger charge is 2.33. The van der Waals surface area contributed by atoms with Crippen molar-refractivity contribution in [1.82, 2.24) is 10.3 Å². The molecule has 1 aliphatic heterocycles. The third kappa shape index (κ3) is 4.01. The van der Waals surface area contributed by atoms with Crippen LogP contribution < -0.4 is 26.0 Å². The van der Waals surface area contributed by atoms with E-state index in [1.54, 1.807) is 11.1 Å². The van der Waals surface area contributed by atoms with Gasteiger partial charge in [0, 0.05) is 24.0 Å². The molecule has 1 aromatic carbocycles. The van der Waals surface area contributed by atoms with Crippen LogP contribution >= 0.6 is 11.3 Å². The number of urea groups is 1. The second kappa shape index (κ2) is 8.92. The fraction of sp³-hybridized carbons (Fsp3) is 0.385. The van der Waals surface area contributed by atoms with Crippen LogP contribution in [0.1, 0.15) is 50.0 Å². The summed E-state index contributed by atoms with van der Waals surface area (Å²) < 4.78 is 5.82. The van der Waals surface area contributed by atoms with E-state index in [1.165, 1.54) is 17.8 Å². The predicted molar refractivity (Wildman–Crippen MR) is 140 cm³/mol. The van der Waals surface area contributed by atoms with E-state index in [9.17, 15) is 4.79 Å². The number of hydrogen-bond acceptors (Lipinski definition) is 6. The lowest BCUT2D eigenvalue weighted by Crippen LogP contribution is -2.46. The molecule has 7 nitrogen and oxygen atoms in total. The number of nitrogens with zero attached hydrogens (tertiary/aromatic N) is 2. The number of pyridine rings is 1. The van der Waals surface area contributed by atoms with Gasteiger partial charge < -0.3 is 21.1 Å². The van der Waals surface area contributed by atoms with Crippen molar-refractivity contribution in [2.45, 2.75) is 64.6 Å². The van der Waals surface area contributed by atoms with E-state index in [0.29, 0.717) is 0 Å². The molecule has 4 N–H and O–H groups in total. The number of benzene rings is 1. The molecule has 2 unspecified atom stereocenters. The van der Waals surface area contributed by atoms with Gasteiger partial charge in [0.05, 0.1) is 33.4 Å². The maximum absolute atomic E-state index is 13.4. The van der Waals surface area contributed by atoms with E-state index < -0.39 is 0 Å². The van der Waals surface area contributed by atoms with Gasteiger partial charge in [0.25, 0.3) is 0 Å². The normalized spacial score (nSPS) is 19.9. The quantitative estimate of drug-likeness (QED) is 0.411. The van der Waals surface area contributed by atoms with Crippen LogP contribution in [0.15, 0.2) is 37.0 Å². The maximum Gasteiger partial charge on any atom is 0.331 e. The second-order valence-corrected chi connectivity index (χ2v) is 10.4. The van der Waals surface area contributed by atoms with Gasteiger partial charge in [0.15, 0.2) is 0 Å². The van der Waals surface area contributed by atoms with Gasteiger partial charge in [-0.25, -0.2) is 9.78 Å². The van der Waals surface area contributed by atoms with Crippen molar-refractivity contribution >= 4 is 50.3 Å². The van der Waals surface area contributed by atoms with Gasteiger partial charge in [0.1, 0.15) is 10.6 Å². The summed E-state index contributed by atoms with van der Waals surface area (Å²) in [5, 5.41) is 7.59. The summed E-state index contributed by atoms with van der Waals surface area (Å²) in [7, 11) is 0. The average molecular weight is 478 g/mol. The first-order valence-corrected chi connectivity index (χ1v) is 12.7. The summed E-state index contributed by atoms with van der Waals surface area (Å²) in [6.45, 7) is 10.3. The van der Waals surface area contributed by atoms with Crippen molar-refractivity contribution in [2.24, 2.45) is 5.73 Å². The van der Waals surface area contributed by atoms with Gasteiger partial charge in [-0.15, -0.1) is 11.3 Å². The highest BCUT2D eigenvalue weighted by molar-refractivity contribution is 7.20. The number of nitrogens with two attached hydrogens (primary N) is 1. The first-order valence-electron chi connectivity index (χ1n) is 11.8. The van der Waals surface area contributed by atoms with Gasteiger partial charge in [-0.1, -0.05) is 19.4 Å². The van der Waals surface area contributed by atoms with Gasteiger partial charge in [0.2, 0.25) is 0 Å². The van der Waals surface area contributed by atoms with Crippen molar-refractivity contribution in [3.05, 3.63) is 47.5 Å². The van der Waals surface area contributed by atoms with Crippen LogP contribution in [-0.2, 0) is 0 Å². The summed E-state index contributed by atoms with van der Waals surface area (Å²) in [5.74, 6) is 0.787. The highest BCUT2D eigenvalue weighted by Crippen LogP contribution is 2.48. The number of aryl methyl sites for hydroxylation is 1. The summed E-state index contributed by atoms with van der Waals surface area (Å²) >= 11 is 1.54. The Bertz CT molecular complexity index is 1270. The number of ether oxygens (including phenoxy) is 1. The van der Waals surface area contributed by atoms with Crippen molar-refractivity contribution < 1.29 is 9.53 Å². The van der Waals surface area contributed by atoms with Crippen molar-refractivity contribution in [3.8, 4) is 5.75 Å². The largest absolute Gasteiger partial charge is 0.491 e. The molecule has 1 aliphatic carbocycles. The Morgan fingerprint density at radius 2 is 2.09 bits per heavy atom. The molecule has 2 aliphatic rings. The van der Waals surface area contributed by atoms with E-state index in [-0.39, 0.29) is 24.2 Å².